The van der Waals surface area contributed by atoms with Gasteiger partial charge in [0.15, 0.2) is 6.10 Å². The summed E-state index contributed by atoms with van der Waals surface area (Å²) in [6, 6.07) is 0. The van der Waals surface area contributed by atoms with Crippen molar-refractivity contribution in [3.05, 3.63) is 48.6 Å². The van der Waals surface area contributed by atoms with Crippen LogP contribution in [0.2, 0.25) is 0 Å². The van der Waals surface area contributed by atoms with Crippen LogP contribution in [0.5, 0.6) is 0 Å². The maximum Gasteiger partial charge on any atom is 0.472 e. The van der Waals surface area contributed by atoms with Crippen LogP contribution in [0.25, 0.3) is 0 Å². The van der Waals surface area contributed by atoms with Crippen molar-refractivity contribution in [3.8, 4) is 0 Å². The van der Waals surface area contributed by atoms with Crippen molar-refractivity contribution in [2.24, 2.45) is 0 Å². The lowest BCUT2D eigenvalue weighted by molar-refractivity contribution is -0.161. The van der Waals surface area contributed by atoms with Crippen molar-refractivity contribution < 1.29 is 37.6 Å². The summed E-state index contributed by atoms with van der Waals surface area (Å²) in [7, 11) is -2.67. The summed E-state index contributed by atoms with van der Waals surface area (Å²) < 4.78 is 33.0. The van der Waals surface area contributed by atoms with Crippen LogP contribution in [0.1, 0.15) is 155 Å². The highest BCUT2D eigenvalue weighted by molar-refractivity contribution is 7.47. The summed E-state index contributed by atoms with van der Waals surface area (Å²) >= 11 is 0. The molecule has 0 aliphatic carbocycles. The smallest absolute Gasteiger partial charge is 0.462 e. The number of carbonyl (C=O) groups excluding carboxylic acids is 2. The number of allylic oxidation sites excluding steroid dienone is 8. The third-order valence-corrected chi connectivity index (χ3v) is 8.94. The van der Waals surface area contributed by atoms with Gasteiger partial charge in [-0.3, -0.25) is 18.6 Å². The molecule has 0 bridgehead atoms. The molecule has 0 aromatic heterocycles. The standard InChI is InChI=1S/C40H72NO8P/c1-4-6-8-10-12-14-16-17-18-19-20-21-23-25-27-29-31-33-40(43)49-38(37-48-50(44,45)47-35-34-41-3)36-46-39(42)32-30-28-26-24-22-15-13-11-9-7-5-2/h12,14,17-18,20-21,25,27,38,41H,4-11,13,15-16,19,22-24,26,28-37H2,1-3H3,(H,44,45)/b14-12-,18-17-,21-20-,27-25-. The van der Waals surface area contributed by atoms with Gasteiger partial charge in [0.05, 0.1) is 13.2 Å². The number of esters is 2. The Morgan fingerprint density at radius 3 is 1.66 bits per heavy atom. The Bertz CT molecular complexity index is 965. The number of ether oxygens (including phenoxy) is 2. The molecule has 10 heteroatoms. The highest BCUT2D eigenvalue weighted by atomic mass is 31.2. The molecule has 2 unspecified atom stereocenters. The lowest BCUT2D eigenvalue weighted by Gasteiger charge is -2.20. The minimum Gasteiger partial charge on any atom is -0.462 e. The minimum atomic E-state index is -4.36. The molecule has 2 N–H and O–H groups in total. The van der Waals surface area contributed by atoms with Gasteiger partial charge < -0.3 is 19.7 Å². The zero-order valence-corrected chi connectivity index (χ0v) is 32.7. The number of hydrogen-bond donors (Lipinski definition) is 2. The van der Waals surface area contributed by atoms with Crippen LogP contribution in [-0.4, -0.2) is 56.3 Å². The van der Waals surface area contributed by atoms with Gasteiger partial charge in [0.1, 0.15) is 6.61 Å². The second kappa shape index (κ2) is 36.8. The number of rotatable bonds is 36. The van der Waals surface area contributed by atoms with Gasteiger partial charge in [-0.05, 0) is 58.4 Å². The second-order valence-electron chi connectivity index (χ2n) is 12.8. The molecule has 2 atom stereocenters. The van der Waals surface area contributed by atoms with E-state index in [2.05, 4.69) is 61.7 Å². The van der Waals surface area contributed by atoms with Crippen LogP contribution in [0, 0.1) is 0 Å². The van der Waals surface area contributed by atoms with Crippen molar-refractivity contribution in [2.75, 3.05) is 33.4 Å². The van der Waals surface area contributed by atoms with Crippen molar-refractivity contribution in [1.82, 2.24) is 5.32 Å². The average molecular weight is 726 g/mol. The molecule has 0 amide bonds. The van der Waals surface area contributed by atoms with E-state index in [1.54, 1.807) is 7.05 Å². The highest BCUT2D eigenvalue weighted by Gasteiger charge is 2.26. The molecule has 0 aliphatic rings. The Kier molecular flexibility index (Phi) is 35.3. The number of phosphoric acid groups is 1. The molecular formula is C40H72NO8P. The summed E-state index contributed by atoms with van der Waals surface area (Å²) in [5.74, 6) is -0.875. The van der Waals surface area contributed by atoms with Crippen LogP contribution in [0.4, 0.5) is 0 Å². The van der Waals surface area contributed by atoms with E-state index in [0.29, 0.717) is 19.4 Å². The average Bonchev–Trinajstić information content (AvgIpc) is 3.09. The fourth-order valence-electron chi connectivity index (χ4n) is 4.96. The minimum absolute atomic E-state index is 0.0276. The van der Waals surface area contributed by atoms with Gasteiger partial charge in [0.25, 0.3) is 0 Å². The monoisotopic (exact) mass is 725 g/mol. The molecule has 0 fully saturated rings. The van der Waals surface area contributed by atoms with Crippen molar-refractivity contribution in [3.63, 3.8) is 0 Å². The van der Waals surface area contributed by atoms with Crippen molar-refractivity contribution >= 4 is 19.8 Å². The number of unbranched alkanes of at least 4 members (excludes halogenated alkanes) is 14. The molecule has 290 valence electrons. The third-order valence-electron chi connectivity index (χ3n) is 7.95. The summed E-state index contributed by atoms with van der Waals surface area (Å²) in [4.78, 5) is 34.9. The third kappa shape index (κ3) is 35.8. The predicted molar refractivity (Wildman–Crippen MR) is 206 cm³/mol. The first kappa shape index (κ1) is 48.0. The molecule has 0 aromatic rings. The Morgan fingerprint density at radius 1 is 0.620 bits per heavy atom. The van der Waals surface area contributed by atoms with E-state index in [1.807, 2.05) is 6.08 Å². The number of nitrogens with one attached hydrogen (secondary N) is 1. The quantitative estimate of drug-likeness (QED) is 0.0281. The lowest BCUT2D eigenvalue weighted by Crippen LogP contribution is -2.29. The van der Waals surface area contributed by atoms with E-state index < -0.39 is 26.5 Å². The van der Waals surface area contributed by atoms with Crippen molar-refractivity contribution in [1.29, 1.82) is 0 Å². The van der Waals surface area contributed by atoms with Crippen LogP contribution < -0.4 is 5.32 Å². The molecule has 0 aliphatic heterocycles. The van der Waals surface area contributed by atoms with Crippen molar-refractivity contribution in [2.45, 2.75) is 161 Å². The molecule has 50 heavy (non-hydrogen) atoms. The van der Waals surface area contributed by atoms with E-state index in [-0.39, 0.29) is 32.0 Å². The zero-order valence-electron chi connectivity index (χ0n) is 31.8. The SMILES string of the molecule is CCCCC/C=C\C/C=C\C/C=C\C/C=C\CCCC(=O)OC(COC(=O)CCCCCCCCCCCCC)COP(=O)(O)OCCNC. The second-order valence-corrected chi connectivity index (χ2v) is 14.2. The molecular weight excluding hydrogens is 653 g/mol. The number of hydrogen-bond acceptors (Lipinski definition) is 8. The zero-order chi connectivity index (χ0) is 36.8. The van der Waals surface area contributed by atoms with E-state index in [4.69, 9.17) is 18.5 Å². The maximum atomic E-state index is 12.5. The molecule has 0 heterocycles. The normalized spacial score (nSPS) is 13.9. The van der Waals surface area contributed by atoms with Gasteiger partial charge in [-0.25, -0.2) is 4.57 Å². The molecule has 0 rings (SSSR count). The summed E-state index contributed by atoms with van der Waals surface area (Å²) in [5.41, 5.74) is 0. The van der Waals surface area contributed by atoms with Gasteiger partial charge in [0.2, 0.25) is 0 Å². The Morgan fingerprint density at radius 2 is 1.10 bits per heavy atom. The van der Waals surface area contributed by atoms with Crippen LogP contribution in [0.15, 0.2) is 48.6 Å². The Balaban J connectivity index is 4.39. The summed E-state index contributed by atoms with van der Waals surface area (Å²) in [6.07, 6.45) is 38.8. The fraction of sp³-hybridized carbons (Fsp3) is 0.750. The Labute approximate surface area is 305 Å². The van der Waals surface area contributed by atoms with E-state index in [1.165, 1.54) is 77.0 Å². The first-order valence-electron chi connectivity index (χ1n) is 19.6. The van der Waals surface area contributed by atoms with E-state index >= 15 is 0 Å². The lowest BCUT2D eigenvalue weighted by atomic mass is 10.1. The largest absolute Gasteiger partial charge is 0.472 e. The molecule has 0 spiro atoms. The van der Waals surface area contributed by atoms with Crippen LogP contribution in [-0.2, 0) is 32.7 Å². The van der Waals surface area contributed by atoms with E-state index in [9.17, 15) is 19.0 Å². The molecule has 0 saturated heterocycles. The molecule has 9 nitrogen and oxygen atoms in total. The number of likely N-dealkylation sites (N-methyl/N-ethyl adjacent to an activating group) is 1. The van der Waals surface area contributed by atoms with Gasteiger partial charge in [-0.1, -0.05) is 140 Å². The topological polar surface area (TPSA) is 120 Å². The van der Waals surface area contributed by atoms with E-state index in [0.717, 1.165) is 38.5 Å². The first-order valence-corrected chi connectivity index (χ1v) is 21.1. The van der Waals surface area contributed by atoms with Gasteiger partial charge in [-0.15, -0.1) is 0 Å². The Hall–Kier alpha value is -2.03. The van der Waals surface area contributed by atoms with Crippen LogP contribution in [0.3, 0.4) is 0 Å². The number of carbonyl (C=O) groups is 2. The predicted octanol–water partition coefficient (Wildman–Crippen LogP) is 10.6. The molecule has 0 radical (unpaired) electrons. The maximum absolute atomic E-state index is 12.5. The van der Waals surface area contributed by atoms with Gasteiger partial charge in [-0.2, -0.15) is 0 Å². The molecule has 0 saturated carbocycles. The van der Waals surface area contributed by atoms with Gasteiger partial charge in [0, 0.05) is 19.4 Å². The summed E-state index contributed by atoms with van der Waals surface area (Å²) in [6.45, 7) is 4.11. The van der Waals surface area contributed by atoms with Crippen LogP contribution >= 0.6 is 7.82 Å². The summed E-state index contributed by atoms with van der Waals surface area (Å²) in [5, 5.41) is 2.81. The van der Waals surface area contributed by atoms with Gasteiger partial charge >= 0.3 is 19.8 Å². The molecule has 0 aromatic carbocycles. The highest BCUT2D eigenvalue weighted by Crippen LogP contribution is 2.43. The fourth-order valence-corrected chi connectivity index (χ4v) is 5.71. The number of phosphoric ester groups is 1. The first-order chi connectivity index (χ1) is 24.3.